The third-order valence-corrected chi connectivity index (χ3v) is 2.59. The van der Waals surface area contributed by atoms with Crippen LogP contribution >= 0.6 is 0 Å². The van der Waals surface area contributed by atoms with Crippen molar-refractivity contribution in [2.45, 2.75) is 33.7 Å². The predicted octanol–water partition coefficient (Wildman–Crippen LogP) is 1.80. The second-order valence-electron chi connectivity index (χ2n) is 4.10. The van der Waals surface area contributed by atoms with E-state index in [0.717, 1.165) is 12.1 Å². The van der Waals surface area contributed by atoms with E-state index in [9.17, 15) is 4.79 Å². The summed E-state index contributed by atoms with van der Waals surface area (Å²) in [5, 5.41) is 13.2. The Morgan fingerprint density at radius 1 is 1.60 bits per heavy atom. The van der Waals surface area contributed by atoms with Crippen LogP contribution in [0.25, 0.3) is 0 Å². The molecule has 1 heterocycles. The molecule has 4 nitrogen and oxygen atoms in total. The topological polar surface area (TPSA) is 55.1 Å². The highest BCUT2D eigenvalue weighted by Gasteiger charge is 2.22. The van der Waals surface area contributed by atoms with Crippen LogP contribution in [0, 0.1) is 11.8 Å². The Labute approximate surface area is 89.9 Å². The molecule has 1 N–H and O–H groups in total. The maximum atomic E-state index is 11.0. The second-order valence-corrected chi connectivity index (χ2v) is 4.10. The highest BCUT2D eigenvalue weighted by Crippen LogP contribution is 2.17. The van der Waals surface area contributed by atoms with Crippen molar-refractivity contribution in [1.29, 1.82) is 0 Å². The molecule has 84 valence electrons. The van der Waals surface area contributed by atoms with E-state index in [1.165, 1.54) is 0 Å². The highest BCUT2D eigenvalue weighted by molar-refractivity contribution is 5.70. The normalized spacial score (nSPS) is 13.1. The van der Waals surface area contributed by atoms with Gasteiger partial charge in [0.2, 0.25) is 0 Å². The van der Waals surface area contributed by atoms with E-state index in [1.54, 1.807) is 6.20 Å². The van der Waals surface area contributed by atoms with Gasteiger partial charge in [0.1, 0.15) is 0 Å². The first-order chi connectivity index (χ1) is 7.04. The van der Waals surface area contributed by atoms with Crippen LogP contribution in [0.3, 0.4) is 0 Å². The zero-order valence-corrected chi connectivity index (χ0v) is 9.47. The third kappa shape index (κ3) is 3.08. The standard InChI is InChI=1S/C11H18N2O2/c1-4-13-7-9(6-12-13)5-10(8(2)3)11(14)15/h6-8,10H,4-5H2,1-3H3,(H,14,15). The van der Waals surface area contributed by atoms with E-state index in [-0.39, 0.29) is 11.8 Å². The molecule has 1 unspecified atom stereocenters. The summed E-state index contributed by atoms with van der Waals surface area (Å²) in [5.74, 6) is -0.902. The van der Waals surface area contributed by atoms with Gasteiger partial charge >= 0.3 is 5.97 Å². The highest BCUT2D eigenvalue weighted by atomic mass is 16.4. The van der Waals surface area contributed by atoms with Crippen molar-refractivity contribution in [3.05, 3.63) is 18.0 Å². The summed E-state index contributed by atoms with van der Waals surface area (Å²) >= 11 is 0. The summed E-state index contributed by atoms with van der Waals surface area (Å²) in [6, 6.07) is 0. The summed E-state index contributed by atoms with van der Waals surface area (Å²) in [7, 11) is 0. The van der Waals surface area contributed by atoms with Gasteiger partial charge in [-0.2, -0.15) is 5.10 Å². The van der Waals surface area contributed by atoms with Crippen molar-refractivity contribution in [3.8, 4) is 0 Å². The zero-order chi connectivity index (χ0) is 11.4. The molecule has 0 saturated carbocycles. The molecule has 1 aromatic heterocycles. The van der Waals surface area contributed by atoms with Crippen molar-refractivity contribution in [1.82, 2.24) is 9.78 Å². The van der Waals surface area contributed by atoms with Gasteiger partial charge < -0.3 is 5.11 Å². The first-order valence-electron chi connectivity index (χ1n) is 5.28. The average molecular weight is 210 g/mol. The Bertz CT molecular complexity index is 331. The van der Waals surface area contributed by atoms with E-state index in [4.69, 9.17) is 5.11 Å². The van der Waals surface area contributed by atoms with Gasteiger partial charge in [0.15, 0.2) is 0 Å². The fourth-order valence-corrected chi connectivity index (χ4v) is 1.55. The first-order valence-corrected chi connectivity index (χ1v) is 5.28. The molecule has 0 fully saturated rings. The Morgan fingerprint density at radius 2 is 2.27 bits per heavy atom. The van der Waals surface area contributed by atoms with Crippen molar-refractivity contribution in [3.63, 3.8) is 0 Å². The summed E-state index contributed by atoms with van der Waals surface area (Å²) < 4.78 is 1.81. The van der Waals surface area contributed by atoms with Gasteiger partial charge in [-0.25, -0.2) is 0 Å². The lowest BCUT2D eigenvalue weighted by Crippen LogP contribution is -2.21. The van der Waals surface area contributed by atoms with Gasteiger partial charge in [-0.3, -0.25) is 9.48 Å². The van der Waals surface area contributed by atoms with Crippen LogP contribution in [0.4, 0.5) is 0 Å². The molecule has 0 amide bonds. The fourth-order valence-electron chi connectivity index (χ4n) is 1.55. The molecule has 0 radical (unpaired) electrons. The van der Waals surface area contributed by atoms with Crippen molar-refractivity contribution >= 4 is 5.97 Å². The van der Waals surface area contributed by atoms with Crippen LogP contribution < -0.4 is 0 Å². The number of rotatable bonds is 5. The van der Waals surface area contributed by atoms with Gasteiger partial charge in [0, 0.05) is 12.7 Å². The smallest absolute Gasteiger partial charge is 0.307 e. The monoisotopic (exact) mass is 210 g/mol. The van der Waals surface area contributed by atoms with E-state index in [0.29, 0.717) is 6.42 Å². The molecule has 1 atom stereocenters. The van der Waals surface area contributed by atoms with Crippen LogP contribution in [0.1, 0.15) is 26.3 Å². The van der Waals surface area contributed by atoms with Gasteiger partial charge in [0.25, 0.3) is 0 Å². The lowest BCUT2D eigenvalue weighted by atomic mass is 9.90. The first kappa shape index (κ1) is 11.8. The van der Waals surface area contributed by atoms with Crippen molar-refractivity contribution < 1.29 is 9.90 Å². The number of aromatic nitrogens is 2. The third-order valence-electron chi connectivity index (χ3n) is 2.59. The lowest BCUT2D eigenvalue weighted by Gasteiger charge is -2.14. The average Bonchev–Trinajstić information content (AvgIpc) is 2.60. The second kappa shape index (κ2) is 4.96. The molecule has 1 rings (SSSR count). The minimum absolute atomic E-state index is 0.146. The van der Waals surface area contributed by atoms with Gasteiger partial charge in [-0.15, -0.1) is 0 Å². The molecular formula is C11H18N2O2. The van der Waals surface area contributed by atoms with E-state index in [1.807, 2.05) is 31.6 Å². The van der Waals surface area contributed by atoms with E-state index in [2.05, 4.69) is 5.10 Å². The summed E-state index contributed by atoms with van der Waals surface area (Å²) in [4.78, 5) is 11.0. The number of carboxylic acids is 1. The number of carbonyl (C=O) groups is 1. The Kier molecular flexibility index (Phi) is 3.88. The molecular weight excluding hydrogens is 192 g/mol. The Balaban J connectivity index is 2.69. The number of nitrogens with zero attached hydrogens (tertiary/aromatic N) is 2. The molecule has 0 saturated heterocycles. The van der Waals surface area contributed by atoms with E-state index < -0.39 is 5.97 Å². The van der Waals surface area contributed by atoms with Gasteiger partial charge in [0.05, 0.1) is 12.1 Å². The Morgan fingerprint density at radius 3 is 2.67 bits per heavy atom. The van der Waals surface area contributed by atoms with Crippen LogP contribution in [-0.4, -0.2) is 20.9 Å². The quantitative estimate of drug-likeness (QED) is 0.806. The van der Waals surface area contributed by atoms with Crippen molar-refractivity contribution in [2.24, 2.45) is 11.8 Å². The van der Waals surface area contributed by atoms with Crippen molar-refractivity contribution in [2.75, 3.05) is 0 Å². The van der Waals surface area contributed by atoms with Crippen LogP contribution in [0.15, 0.2) is 12.4 Å². The minimum atomic E-state index is -0.728. The summed E-state index contributed by atoms with van der Waals surface area (Å²) in [6.07, 6.45) is 4.23. The lowest BCUT2D eigenvalue weighted by molar-refractivity contribution is -0.143. The van der Waals surface area contributed by atoms with Gasteiger partial charge in [-0.1, -0.05) is 13.8 Å². The molecule has 0 aromatic carbocycles. The van der Waals surface area contributed by atoms with Crippen LogP contribution in [0.2, 0.25) is 0 Å². The number of hydrogen-bond acceptors (Lipinski definition) is 2. The van der Waals surface area contributed by atoms with Crippen LogP contribution in [0.5, 0.6) is 0 Å². The van der Waals surface area contributed by atoms with E-state index >= 15 is 0 Å². The predicted molar refractivity (Wildman–Crippen MR) is 57.6 cm³/mol. The summed E-state index contributed by atoms with van der Waals surface area (Å²) in [6.45, 7) is 6.69. The maximum absolute atomic E-state index is 11.0. The molecule has 1 aromatic rings. The number of aryl methyl sites for hydroxylation is 1. The number of carboxylic acid groups (broad SMARTS) is 1. The zero-order valence-electron chi connectivity index (χ0n) is 9.47. The molecule has 4 heteroatoms. The molecule has 0 bridgehead atoms. The minimum Gasteiger partial charge on any atom is -0.481 e. The maximum Gasteiger partial charge on any atom is 0.307 e. The van der Waals surface area contributed by atoms with Gasteiger partial charge in [-0.05, 0) is 24.8 Å². The Hall–Kier alpha value is -1.32. The molecule has 0 aliphatic rings. The number of aliphatic carboxylic acids is 1. The largest absolute Gasteiger partial charge is 0.481 e. The SMILES string of the molecule is CCn1cc(CC(C(=O)O)C(C)C)cn1. The molecule has 0 spiro atoms. The molecule has 0 aliphatic heterocycles. The fraction of sp³-hybridized carbons (Fsp3) is 0.636. The number of hydrogen-bond donors (Lipinski definition) is 1. The summed E-state index contributed by atoms with van der Waals surface area (Å²) in [5.41, 5.74) is 0.998. The molecule has 0 aliphatic carbocycles. The van der Waals surface area contributed by atoms with Crippen LogP contribution in [-0.2, 0) is 17.8 Å². The molecule has 15 heavy (non-hydrogen) atoms.